The summed E-state index contributed by atoms with van der Waals surface area (Å²) in [5.74, 6) is -0.929. The third-order valence-electron chi connectivity index (χ3n) is 3.51. The SMILES string of the molecule is NCC1(NS(=O)(=O)c2cccc(Cl)c2F)CCCC1. The van der Waals surface area contributed by atoms with Gasteiger partial charge >= 0.3 is 0 Å². The molecule has 0 heterocycles. The summed E-state index contributed by atoms with van der Waals surface area (Å²) >= 11 is 5.61. The molecule has 1 fully saturated rings. The lowest BCUT2D eigenvalue weighted by atomic mass is 10.0. The van der Waals surface area contributed by atoms with E-state index in [1.807, 2.05) is 0 Å². The summed E-state index contributed by atoms with van der Waals surface area (Å²) < 4.78 is 40.9. The number of hydrogen-bond donors (Lipinski definition) is 2. The molecule has 2 rings (SSSR count). The van der Waals surface area contributed by atoms with Gasteiger partial charge in [0.05, 0.1) is 5.02 Å². The van der Waals surface area contributed by atoms with Crippen LogP contribution in [0, 0.1) is 5.82 Å². The second-order valence-corrected chi connectivity index (χ2v) is 6.91. The predicted molar refractivity (Wildman–Crippen MR) is 72.0 cm³/mol. The van der Waals surface area contributed by atoms with Gasteiger partial charge in [-0.25, -0.2) is 17.5 Å². The molecule has 3 N–H and O–H groups in total. The number of rotatable bonds is 4. The van der Waals surface area contributed by atoms with Crippen LogP contribution in [-0.2, 0) is 10.0 Å². The molecule has 1 aromatic carbocycles. The molecule has 0 unspecified atom stereocenters. The largest absolute Gasteiger partial charge is 0.329 e. The van der Waals surface area contributed by atoms with E-state index >= 15 is 0 Å². The van der Waals surface area contributed by atoms with E-state index in [1.54, 1.807) is 0 Å². The Bertz CT molecular complexity index is 571. The molecular weight excluding hydrogens is 291 g/mol. The average Bonchev–Trinajstić information content (AvgIpc) is 2.81. The zero-order chi connectivity index (χ0) is 14.1. The normalized spacial score (nSPS) is 18.7. The van der Waals surface area contributed by atoms with Gasteiger partial charge in [-0.1, -0.05) is 30.5 Å². The van der Waals surface area contributed by atoms with Crippen molar-refractivity contribution >= 4 is 21.6 Å². The number of sulfonamides is 1. The van der Waals surface area contributed by atoms with E-state index in [1.165, 1.54) is 18.2 Å². The topological polar surface area (TPSA) is 72.2 Å². The van der Waals surface area contributed by atoms with E-state index in [-0.39, 0.29) is 11.6 Å². The third-order valence-corrected chi connectivity index (χ3v) is 5.40. The molecule has 1 aromatic rings. The molecule has 4 nitrogen and oxygen atoms in total. The maximum atomic E-state index is 13.8. The van der Waals surface area contributed by atoms with Gasteiger partial charge in [0.2, 0.25) is 10.0 Å². The lowest BCUT2D eigenvalue weighted by molar-refractivity contribution is 0.398. The van der Waals surface area contributed by atoms with Gasteiger partial charge in [-0.3, -0.25) is 0 Å². The van der Waals surface area contributed by atoms with Gasteiger partial charge in [-0.2, -0.15) is 0 Å². The van der Waals surface area contributed by atoms with Gasteiger partial charge in [0.15, 0.2) is 5.82 Å². The monoisotopic (exact) mass is 306 g/mol. The van der Waals surface area contributed by atoms with Crippen LogP contribution in [0.2, 0.25) is 5.02 Å². The molecule has 0 aromatic heterocycles. The van der Waals surface area contributed by atoms with Crippen LogP contribution < -0.4 is 10.5 Å². The highest BCUT2D eigenvalue weighted by Crippen LogP contribution is 2.31. The van der Waals surface area contributed by atoms with Crippen molar-refractivity contribution in [2.75, 3.05) is 6.54 Å². The zero-order valence-electron chi connectivity index (χ0n) is 10.3. The minimum atomic E-state index is -3.96. The number of nitrogens with one attached hydrogen (secondary N) is 1. The Kier molecular flexibility index (Phi) is 4.15. The van der Waals surface area contributed by atoms with Crippen molar-refractivity contribution in [3.63, 3.8) is 0 Å². The highest BCUT2D eigenvalue weighted by Gasteiger charge is 2.37. The highest BCUT2D eigenvalue weighted by atomic mass is 35.5. The van der Waals surface area contributed by atoms with E-state index in [0.29, 0.717) is 12.8 Å². The molecule has 106 valence electrons. The Hall–Kier alpha value is -0.690. The van der Waals surface area contributed by atoms with E-state index < -0.39 is 26.3 Å². The molecule has 1 aliphatic rings. The molecule has 1 saturated carbocycles. The first kappa shape index (κ1) is 14.7. The fourth-order valence-corrected chi connectivity index (χ4v) is 4.23. The van der Waals surface area contributed by atoms with Crippen molar-refractivity contribution in [1.29, 1.82) is 0 Å². The van der Waals surface area contributed by atoms with Crippen LogP contribution in [0.25, 0.3) is 0 Å². The average molecular weight is 307 g/mol. The van der Waals surface area contributed by atoms with Crippen molar-refractivity contribution in [1.82, 2.24) is 4.72 Å². The summed E-state index contributed by atoms with van der Waals surface area (Å²) in [6.45, 7) is 0.203. The molecule has 0 spiro atoms. The number of hydrogen-bond acceptors (Lipinski definition) is 3. The second kappa shape index (κ2) is 5.36. The van der Waals surface area contributed by atoms with Crippen molar-refractivity contribution in [3.8, 4) is 0 Å². The molecule has 0 atom stereocenters. The first-order valence-corrected chi connectivity index (χ1v) is 7.94. The number of benzene rings is 1. The summed E-state index contributed by atoms with van der Waals surface area (Å²) in [4.78, 5) is -0.431. The first-order valence-electron chi connectivity index (χ1n) is 6.08. The van der Waals surface area contributed by atoms with Crippen LogP contribution in [0.5, 0.6) is 0 Å². The van der Waals surface area contributed by atoms with Gasteiger partial charge in [0.25, 0.3) is 0 Å². The van der Waals surface area contributed by atoms with Gasteiger partial charge in [-0.15, -0.1) is 0 Å². The quantitative estimate of drug-likeness (QED) is 0.894. The van der Waals surface area contributed by atoms with Gasteiger partial charge in [0, 0.05) is 12.1 Å². The Morgan fingerprint density at radius 3 is 2.58 bits per heavy atom. The van der Waals surface area contributed by atoms with Crippen molar-refractivity contribution in [2.45, 2.75) is 36.1 Å². The fourth-order valence-electron chi connectivity index (χ4n) is 2.43. The van der Waals surface area contributed by atoms with Crippen LogP contribution >= 0.6 is 11.6 Å². The smallest absolute Gasteiger partial charge is 0.244 e. The molecule has 1 aliphatic carbocycles. The predicted octanol–water partition coefficient (Wildman–Crippen LogP) is 2.03. The van der Waals surface area contributed by atoms with E-state index in [4.69, 9.17) is 17.3 Å². The molecular formula is C12H16ClFN2O2S. The number of halogens is 2. The standard InChI is InChI=1S/C12H16ClFN2O2S/c13-9-4-3-5-10(11(9)14)19(17,18)16-12(8-15)6-1-2-7-12/h3-5,16H,1-2,6-8,15H2. The van der Waals surface area contributed by atoms with E-state index in [9.17, 15) is 12.8 Å². The van der Waals surface area contributed by atoms with Crippen LogP contribution in [-0.4, -0.2) is 20.5 Å². The van der Waals surface area contributed by atoms with Gasteiger partial charge < -0.3 is 5.73 Å². The van der Waals surface area contributed by atoms with Crippen molar-refractivity contribution in [2.24, 2.45) is 5.73 Å². The summed E-state index contributed by atoms with van der Waals surface area (Å²) in [5, 5.41) is -0.212. The van der Waals surface area contributed by atoms with Crippen LogP contribution in [0.4, 0.5) is 4.39 Å². The Balaban J connectivity index is 2.35. The molecule has 0 aliphatic heterocycles. The molecule has 0 bridgehead atoms. The van der Waals surface area contributed by atoms with Crippen molar-refractivity contribution in [3.05, 3.63) is 29.0 Å². The minimum Gasteiger partial charge on any atom is -0.329 e. The Morgan fingerprint density at radius 2 is 2.00 bits per heavy atom. The maximum absolute atomic E-state index is 13.8. The van der Waals surface area contributed by atoms with E-state index in [0.717, 1.165) is 12.8 Å². The Morgan fingerprint density at radius 1 is 1.37 bits per heavy atom. The van der Waals surface area contributed by atoms with E-state index in [2.05, 4.69) is 4.72 Å². The fraction of sp³-hybridized carbons (Fsp3) is 0.500. The minimum absolute atomic E-state index is 0.203. The first-order chi connectivity index (χ1) is 8.90. The zero-order valence-corrected chi connectivity index (χ0v) is 11.9. The van der Waals surface area contributed by atoms with Gasteiger partial charge in [0.1, 0.15) is 4.90 Å². The molecule has 0 amide bonds. The molecule has 7 heteroatoms. The van der Waals surface area contributed by atoms with Crippen molar-refractivity contribution < 1.29 is 12.8 Å². The maximum Gasteiger partial charge on any atom is 0.244 e. The highest BCUT2D eigenvalue weighted by molar-refractivity contribution is 7.89. The van der Waals surface area contributed by atoms with Crippen LogP contribution in [0.3, 0.4) is 0 Å². The second-order valence-electron chi connectivity index (χ2n) is 4.85. The van der Waals surface area contributed by atoms with Crippen LogP contribution in [0.15, 0.2) is 23.1 Å². The summed E-state index contributed by atoms with van der Waals surface area (Å²) in [7, 11) is -3.96. The van der Waals surface area contributed by atoms with Crippen LogP contribution in [0.1, 0.15) is 25.7 Å². The molecule has 0 radical (unpaired) electrons. The molecule has 19 heavy (non-hydrogen) atoms. The lowest BCUT2D eigenvalue weighted by Crippen LogP contribution is -2.51. The third kappa shape index (κ3) is 2.91. The van der Waals surface area contributed by atoms with Gasteiger partial charge in [-0.05, 0) is 25.0 Å². The summed E-state index contributed by atoms with van der Waals surface area (Å²) in [5.41, 5.74) is 5.02. The lowest BCUT2D eigenvalue weighted by Gasteiger charge is -2.28. The summed E-state index contributed by atoms with van der Waals surface area (Å²) in [6.07, 6.45) is 3.17. The number of nitrogens with two attached hydrogens (primary N) is 1. The summed E-state index contributed by atoms with van der Waals surface area (Å²) in [6, 6.07) is 3.91. The molecule has 0 saturated heterocycles. The Labute approximate surface area is 117 Å².